The number of nitrogens with zero attached hydrogens (tertiary/aromatic N) is 3. The molecule has 1 aliphatic heterocycles. The van der Waals surface area contributed by atoms with Gasteiger partial charge in [-0.25, -0.2) is 0 Å². The molecule has 0 bridgehead atoms. The van der Waals surface area contributed by atoms with E-state index >= 15 is 0 Å². The zero-order chi connectivity index (χ0) is 16.5. The first-order valence-electron chi connectivity index (χ1n) is 8.66. The lowest BCUT2D eigenvalue weighted by atomic mass is 10.1. The normalized spacial score (nSPS) is 18.9. The highest BCUT2D eigenvalue weighted by atomic mass is 16.5. The molecule has 5 heteroatoms. The van der Waals surface area contributed by atoms with Crippen molar-refractivity contribution in [3.05, 3.63) is 30.1 Å². The lowest BCUT2D eigenvalue weighted by Gasteiger charge is -2.27. The molecule has 0 radical (unpaired) electrons. The summed E-state index contributed by atoms with van der Waals surface area (Å²) < 4.78 is 5.29. The molecule has 2 rings (SSSR count). The molecule has 1 amide bonds. The largest absolute Gasteiger partial charge is 0.381 e. The van der Waals surface area contributed by atoms with Crippen LogP contribution in [0, 0.1) is 0 Å². The second-order valence-electron chi connectivity index (χ2n) is 6.15. The van der Waals surface area contributed by atoms with Crippen molar-refractivity contribution in [2.45, 2.75) is 45.2 Å². The molecule has 0 spiro atoms. The van der Waals surface area contributed by atoms with E-state index in [9.17, 15) is 4.79 Å². The second-order valence-corrected chi connectivity index (χ2v) is 6.15. The Hall–Kier alpha value is -1.46. The molecule has 0 saturated carbocycles. The predicted octanol–water partition coefficient (Wildman–Crippen LogP) is 2.32. The van der Waals surface area contributed by atoms with E-state index in [1.807, 2.05) is 30.2 Å². The van der Waals surface area contributed by atoms with Gasteiger partial charge in [0.2, 0.25) is 5.91 Å². The molecule has 2 heterocycles. The number of carbonyl (C=O) groups excluding carboxylic acids is 1. The highest BCUT2D eigenvalue weighted by Gasteiger charge is 2.23. The average Bonchev–Trinajstić information content (AvgIpc) is 2.82. The van der Waals surface area contributed by atoms with Crippen LogP contribution in [0.4, 0.5) is 0 Å². The quantitative estimate of drug-likeness (QED) is 0.724. The van der Waals surface area contributed by atoms with Crippen molar-refractivity contribution in [1.82, 2.24) is 14.8 Å². The third kappa shape index (κ3) is 5.92. The molecule has 1 atom stereocenters. The van der Waals surface area contributed by atoms with Crippen LogP contribution >= 0.6 is 0 Å². The minimum atomic E-state index is 0.228. The number of rotatable bonds is 7. The Morgan fingerprint density at radius 3 is 3.00 bits per heavy atom. The van der Waals surface area contributed by atoms with Crippen molar-refractivity contribution in [2.24, 2.45) is 0 Å². The van der Waals surface area contributed by atoms with E-state index in [1.54, 1.807) is 0 Å². The van der Waals surface area contributed by atoms with Crippen molar-refractivity contribution < 1.29 is 9.53 Å². The van der Waals surface area contributed by atoms with Crippen molar-refractivity contribution in [2.75, 3.05) is 33.4 Å². The van der Waals surface area contributed by atoms with Gasteiger partial charge >= 0.3 is 0 Å². The molecule has 0 aliphatic carbocycles. The average molecular weight is 319 g/mol. The van der Waals surface area contributed by atoms with Gasteiger partial charge in [0.1, 0.15) is 0 Å². The van der Waals surface area contributed by atoms with E-state index in [0.29, 0.717) is 25.7 Å². The van der Waals surface area contributed by atoms with Crippen molar-refractivity contribution >= 4 is 5.91 Å². The summed E-state index contributed by atoms with van der Waals surface area (Å²) in [6, 6.07) is 6.56. The molecule has 0 aromatic carbocycles. The van der Waals surface area contributed by atoms with Gasteiger partial charge in [0, 0.05) is 38.5 Å². The van der Waals surface area contributed by atoms with Gasteiger partial charge in [-0.15, -0.1) is 0 Å². The summed E-state index contributed by atoms with van der Waals surface area (Å²) in [6.07, 6.45) is 5.58. The third-order valence-corrected chi connectivity index (χ3v) is 4.48. The van der Waals surface area contributed by atoms with Gasteiger partial charge in [0.05, 0.1) is 18.7 Å². The fourth-order valence-corrected chi connectivity index (χ4v) is 3.11. The molecule has 1 saturated heterocycles. The van der Waals surface area contributed by atoms with Crippen LogP contribution in [-0.2, 0) is 16.1 Å². The number of hydrogen-bond acceptors (Lipinski definition) is 4. The number of hydrogen-bond donors (Lipinski definition) is 0. The van der Waals surface area contributed by atoms with Gasteiger partial charge in [-0.3, -0.25) is 14.7 Å². The number of likely N-dealkylation sites (tertiary alicyclic amines) is 1. The van der Waals surface area contributed by atoms with E-state index in [0.717, 1.165) is 44.6 Å². The molecular weight excluding hydrogens is 290 g/mol. The van der Waals surface area contributed by atoms with Gasteiger partial charge in [0.15, 0.2) is 0 Å². The lowest BCUT2D eigenvalue weighted by molar-refractivity contribution is -0.132. The van der Waals surface area contributed by atoms with Crippen LogP contribution in [0.15, 0.2) is 24.4 Å². The number of pyridine rings is 1. The Balaban J connectivity index is 1.79. The van der Waals surface area contributed by atoms with Gasteiger partial charge in [-0.2, -0.15) is 0 Å². The summed E-state index contributed by atoms with van der Waals surface area (Å²) in [5.41, 5.74) is 1.10. The summed E-state index contributed by atoms with van der Waals surface area (Å²) in [5.74, 6) is 0.228. The van der Waals surface area contributed by atoms with E-state index in [-0.39, 0.29) is 5.91 Å². The Morgan fingerprint density at radius 2 is 2.26 bits per heavy atom. The lowest BCUT2D eigenvalue weighted by Crippen LogP contribution is -2.35. The van der Waals surface area contributed by atoms with Crippen molar-refractivity contribution in [3.63, 3.8) is 0 Å². The van der Waals surface area contributed by atoms with Crippen LogP contribution in [0.3, 0.4) is 0 Å². The Morgan fingerprint density at radius 1 is 1.39 bits per heavy atom. The van der Waals surface area contributed by atoms with Crippen LogP contribution in [-0.4, -0.2) is 60.1 Å². The minimum Gasteiger partial charge on any atom is -0.381 e. The topological polar surface area (TPSA) is 45.7 Å². The maximum Gasteiger partial charge on any atom is 0.224 e. The first-order chi connectivity index (χ1) is 11.2. The Bertz CT molecular complexity index is 467. The van der Waals surface area contributed by atoms with Crippen LogP contribution < -0.4 is 0 Å². The summed E-state index contributed by atoms with van der Waals surface area (Å²) in [6.45, 7) is 5.76. The van der Waals surface area contributed by atoms with Gasteiger partial charge in [-0.05, 0) is 45.4 Å². The molecule has 1 fully saturated rings. The molecule has 0 unspecified atom stereocenters. The maximum atomic E-state index is 12.2. The van der Waals surface area contributed by atoms with Crippen LogP contribution in [0.25, 0.3) is 0 Å². The fourth-order valence-electron chi connectivity index (χ4n) is 3.11. The summed E-state index contributed by atoms with van der Waals surface area (Å²) in [5, 5.41) is 0. The van der Waals surface area contributed by atoms with Crippen LogP contribution in [0.1, 0.15) is 38.3 Å². The van der Waals surface area contributed by atoms with Gasteiger partial charge in [-0.1, -0.05) is 6.07 Å². The first kappa shape index (κ1) is 17.9. The fraction of sp³-hybridized carbons (Fsp3) is 0.667. The smallest absolute Gasteiger partial charge is 0.224 e. The molecular formula is C18H29N3O2. The summed E-state index contributed by atoms with van der Waals surface area (Å²) in [4.78, 5) is 21.0. The molecule has 0 N–H and O–H groups in total. The zero-order valence-corrected chi connectivity index (χ0v) is 14.4. The first-order valence-corrected chi connectivity index (χ1v) is 8.66. The highest BCUT2D eigenvalue weighted by Crippen LogP contribution is 2.18. The van der Waals surface area contributed by atoms with E-state index in [4.69, 9.17) is 4.74 Å². The third-order valence-electron chi connectivity index (χ3n) is 4.48. The summed E-state index contributed by atoms with van der Waals surface area (Å²) >= 11 is 0. The standard InChI is InChI=1S/C18H29N3O2/c1-3-23-14-10-18(22)21-12-6-8-17(9-13-21)20(2)15-16-7-4-5-11-19-16/h4-5,7,11,17H,3,6,8-10,12-15H2,1-2H3/t17-/m1/s1. The minimum absolute atomic E-state index is 0.228. The SMILES string of the molecule is CCOCCC(=O)N1CCC[C@@H](N(C)Cc2ccccn2)CC1. The number of amides is 1. The van der Waals surface area contributed by atoms with Gasteiger partial charge < -0.3 is 9.64 Å². The molecule has 1 aromatic heterocycles. The molecule has 1 aromatic rings. The molecule has 23 heavy (non-hydrogen) atoms. The second kappa shape index (κ2) is 9.63. The van der Waals surface area contributed by atoms with E-state index < -0.39 is 0 Å². The monoisotopic (exact) mass is 319 g/mol. The highest BCUT2D eigenvalue weighted by molar-refractivity contribution is 5.76. The molecule has 1 aliphatic rings. The molecule has 5 nitrogen and oxygen atoms in total. The zero-order valence-electron chi connectivity index (χ0n) is 14.4. The summed E-state index contributed by atoms with van der Waals surface area (Å²) in [7, 11) is 2.16. The number of carbonyl (C=O) groups is 1. The van der Waals surface area contributed by atoms with Crippen LogP contribution in [0.2, 0.25) is 0 Å². The van der Waals surface area contributed by atoms with E-state index in [1.165, 1.54) is 0 Å². The van der Waals surface area contributed by atoms with Crippen molar-refractivity contribution in [3.8, 4) is 0 Å². The predicted molar refractivity (Wildman–Crippen MR) is 91.0 cm³/mol. The van der Waals surface area contributed by atoms with Gasteiger partial charge in [0.25, 0.3) is 0 Å². The number of ether oxygens (including phenoxy) is 1. The van der Waals surface area contributed by atoms with E-state index in [2.05, 4.69) is 23.0 Å². The maximum absolute atomic E-state index is 12.2. The van der Waals surface area contributed by atoms with Crippen molar-refractivity contribution in [1.29, 1.82) is 0 Å². The number of aromatic nitrogens is 1. The van der Waals surface area contributed by atoms with Crippen LogP contribution in [0.5, 0.6) is 0 Å². The molecule has 128 valence electrons. The Kier molecular flexibility index (Phi) is 7.49. The Labute approximate surface area is 139 Å².